The first-order chi connectivity index (χ1) is 17.3. The molecule has 1 N–H and O–H groups in total. The summed E-state index contributed by atoms with van der Waals surface area (Å²) in [4.78, 5) is 29.9. The van der Waals surface area contributed by atoms with Crippen LogP contribution in [-0.4, -0.2) is 58.9 Å². The molecule has 0 atom stereocenters. The molecule has 1 aliphatic heterocycles. The minimum absolute atomic E-state index is 0.00624. The summed E-state index contributed by atoms with van der Waals surface area (Å²) in [6.07, 6.45) is 0.762. The molecule has 0 spiro atoms. The van der Waals surface area contributed by atoms with E-state index in [0.717, 1.165) is 23.2 Å². The van der Waals surface area contributed by atoms with Gasteiger partial charge in [-0.1, -0.05) is 17.7 Å². The second-order valence-electron chi connectivity index (χ2n) is 9.20. The summed E-state index contributed by atoms with van der Waals surface area (Å²) >= 11 is 0. The van der Waals surface area contributed by atoms with Crippen molar-refractivity contribution in [3.63, 3.8) is 0 Å². The molecule has 0 radical (unpaired) electrons. The molecule has 3 aromatic rings. The van der Waals surface area contributed by atoms with E-state index in [9.17, 15) is 19.2 Å². The number of nitrogens with zero attached hydrogens (tertiary/aromatic N) is 4. The number of nitrogens with one attached hydrogen (secondary N) is 1. The number of nitriles is 1. The molecule has 0 bridgehead atoms. The number of carbonyl (C=O) groups excluding carboxylic acids is 2. The molecule has 8 heteroatoms. The molecule has 1 aliphatic rings. The second-order valence-corrected chi connectivity index (χ2v) is 9.20. The maximum Gasteiger partial charge on any atom is 0.253 e. The van der Waals surface area contributed by atoms with Crippen molar-refractivity contribution in [2.24, 2.45) is 0 Å². The van der Waals surface area contributed by atoms with Crippen LogP contribution < -0.4 is 5.32 Å². The Balaban J connectivity index is 1.46. The normalized spacial score (nSPS) is 14.2. The fourth-order valence-electron chi connectivity index (χ4n) is 4.64. The van der Waals surface area contributed by atoms with Crippen LogP contribution in [0, 0.1) is 37.9 Å². The summed E-state index contributed by atoms with van der Waals surface area (Å²) in [6.45, 7) is 8.24. The van der Waals surface area contributed by atoms with E-state index in [1.54, 1.807) is 16.7 Å². The highest BCUT2D eigenvalue weighted by molar-refractivity contribution is 5.95. The molecule has 2 aromatic carbocycles. The maximum atomic E-state index is 13.5. The largest absolute Gasteiger partial charge is 0.337 e. The van der Waals surface area contributed by atoms with Gasteiger partial charge in [-0.2, -0.15) is 5.26 Å². The lowest BCUT2D eigenvalue weighted by Gasteiger charge is -2.22. The minimum atomic E-state index is -0.359. The molecule has 2 amide bonds. The van der Waals surface area contributed by atoms with Gasteiger partial charge in [0.25, 0.3) is 5.91 Å². The van der Waals surface area contributed by atoms with Crippen molar-refractivity contribution in [1.29, 1.82) is 5.26 Å². The van der Waals surface area contributed by atoms with Crippen LogP contribution in [0.5, 0.6) is 0 Å². The predicted octanol–water partition coefficient (Wildman–Crippen LogP) is 4.20. The molecule has 0 unspecified atom stereocenters. The van der Waals surface area contributed by atoms with Crippen molar-refractivity contribution in [2.45, 2.75) is 27.2 Å². The number of benzene rings is 2. The van der Waals surface area contributed by atoms with E-state index in [0.29, 0.717) is 48.8 Å². The summed E-state index contributed by atoms with van der Waals surface area (Å²) < 4.78 is 15.3. The Morgan fingerprint density at radius 3 is 2.47 bits per heavy atom. The maximum absolute atomic E-state index is 13.5. The van der Waals surface area contributed by atoms with Crippen LogP contribution in [0.15, 0.2) is 48.5 Å². The second kappa shape index (κ2) is 10.8. The molecule has 186 valence electrons. The molecule has 2 heterocycles. The highest BCUT2D eigenvalue weighted by Crippen LogP contribution is 2.30. The first-order valence-corrected chi connectivity index (χ1v) is 12.0. The van der Waals surface area contributed by atoms with Crippen LogP contribution >= 0.6 is 0 Å². The van der Waals surface area contributed by atoms with Gasteiger partial charge in [0.1, 0.15) is 17.7 Å². The number of anilines is 1. The van der Waals surface area contributed by atoms with Gasteiger partial charge >= 0.3 is 0 Å². The average molecular weight is 488 g/mol. The summed E-state index contributed by atoms with van der Waals surface area (Å²) in [5.74, 6) is -0.213. The first-order valence-electron chi connectivity index (χ1n) is 12.0. The molecule has 1 saturated heterocycles. The zero-order chi connectivity index (χ0) is 25.8. The quantitative estimate of drug-likeness (QED) is 0.585. The lowest BCUT2D eigenvalue weighted by molar-refractivity contribution is -0.117. The number of carbonyl (C=O) groups is 2. The molecule has 4 rings (SSSR count). The smallest absolute Gasteiger partial charge is 0.253 e. The Morgan fingerprint density at radius 1 is 1.03 bits per heavy atom. The van der Waals surface area contributed by atoms with Crippen LogP contribution in [0.25, 0.3) is 5.69 Å². The fraction of sp³-hybridized carbons (Fsp3) is 0.321. The van der Waals surface area contributed by atoms with Crippen molar-refractivity contribution in [1.82, 2.24) is 14.4 Å². The van der Waals surface area contributed by atoms with Gasteiger partial charge in [-0.05, 0) is 69.2 Å². The van der Waals surface area contributed by atoms with Crippen LogP contribution in [0.1, 0.15) is 39.2 Å². The zero-order valence-electron chi connectivity index (χ0n) is 20.8. The number of amides is 2. The number of aromatic nitrogens is 1. The molecule has 1 aromatic heterocycles. The van der Waals surface area contributed by atoms with Gasteiger partial charge in [-0.15, -0.1) is 0 Å². The standard InChI is InChI=1S/C28H30FN5O2/c1-19-6-4-7-22(16-19)28(36)33-13-5-12-32(14-15-33)18-26(35)31-27-25(17-30)20(2)21(3)34(27)24-10-8-23(29)9-11-24/h4,6-11,16H,5,12-15,18H2,1-3H3,(H,31,35). The highest BCUT2D eigenvalue weighted by atomic mass is 19.1. The Kier molecular flexibility index (Phi) is 7.51. The predicted molar refractivity (Wildman–Crippen MR) is 137 cm³/mol. The van der Waals surface area contributed by atoms with Crippen molar-refractivity contribution in [3.05, 3.63) is 82.3 Å². The van der Waals surface area contributed by atoms with Gasteiger partial charge in [0, 0.05) is 43.1 Å². The minimum Gasteiger partial charge on any atom is -0.337 e. The number of rotatable bonds is 5. The Bertz CT molecular complexity index is 1320. The van der Waals surface area contributed by atoms with E-state index < -0.39 is 0 Å². The van der Waals surface area contributed by atoms with Crippen LogP contribution in [0.4, 0.5) is 10.2 Å². The van der Waals surface area contributed by atoms with Crippen LogP contribution in [0.2, 0.25) is 0 Å². The van der Waals surface area contributed by atoms with Crippen molar-refractivity contribution < 1.29 is 14.0 Å². The van der Waals surface area contributed by atoms with Crippen molar-refractivity contribution >= 4 is 17.6 Å². The highest BCUT2D eigenvalue weighted by Gasteiger charge is 2.24. The summed E-state index contributed by atoms with van der Waals surface area (Å²) in [5.41, 5.74) is 4.33. The van der Waals surface area contributed by atoms with E-state index in [4.69, 9.17) is 0 Å². The molecular formula is C28H30FN5O2. The monoisotopic (exact) mass is 487 g/mol. The number of aryl methyl sites for hydroxylation is 1. The Labute approximate surface area is 210 Å². The van der Waals surface area contributed by atoms with Crippen molar-refractivity contribution in [2.75, 3.05) is 38.0 Å². The third-order valence-electron chi connectivity index (χ3n) is 6.68. The zero-order valence-corrected chi connectivity index (χ0v) is 20.8. The van der Waals surface area contributed by atoms with Gasteiger partial charge in [-0.3, -0.25) is 19.1 Å². The summed E-state index contributed by atoms with van der Waals surface area (Å²) in [5, 5.41) is 12.7. The SMILES string of the molecule is Cc1cccc(C(=O)N2CCCN(CC(=O)Nc3c(C#N)c(C)c(C)n3-c3ccc(F)cc3)CC2)c1. The van der Waals surface area contributed by atoms with E-state index in [1.807, 2.05) is 54.8 Å². The molecular weight excluding hydrogens is 457 g/mol. The van der Waals surface area contributed by atoms with Gasteiger partial charge in [0.15, 0.2) is 0 Å². The lowest BCUT2D eigenvalue weighted by atomic mass is 10.1. The van der Waals surface area contributed by atoms with E-state index >= 15 is 0 Å². The van der Waals surface area contributed by atoms with E-state index in [1.165, 1.54) is 12.1 Å². The molecule has 0 aliphatic carbocycles. The Morgan fingerprint density at radius 2 is 1.78 bits per heavy atom. The number of hydrogen-bond acceptors (Lipinski definition) is 4. The topological polar surface area (TPSA) is 81.4 Å². The number of halogens is 1. The number of hydrogen-bond donors (Lipinski definition) is 1. The van der Waals surface area contributed by atoms with Gasteiger partial charge in [0.05, 0.1) is 12.1 Å². The van der Waals surface area contributed by atoms with Gasteiger partial charge in [-0.25, -0.2) is 4.39 Å². The summed E-state index contributed by atoms with van der Waals surface area (Å²) in [7, 11) is 0. The molecule has 7 nitrogen and oxygen atoms in total. The Hall–Kier alpha value is -3.96. The third-order valence-corrected chi connectivity index (χ3v) is 6.68. The summed E-state index contributed by atoms with van der Waals surface area (Å²) in [6, 6.07) is 15.7. The molecule has 36 heavy (non-hydrogen) atoms. The first kappa shape index (κ1) is 25.1. The van der Waals surface area contributed by atoms with Crippen LogP contribution in [0.3, 0.4) is 0 Å². The molecule has 0 saturated carbocycles. The van der Waals surface area contributed by atoms with Gasteiger partial charge < -0.3 is 10.2 Å². The molecule has 1 fully saturated rings. The van der Waals surface area contributed by atoms with Crippen molar-refractivity contribution in [3.8, 4) is 11.8 Å². The van der Waals surface area contributed by atoms with Gasteiger partial charge in [0.2, 0.25) is 5.91 Å². The fourth-order valence-corrected chi connectivity index (χ4v) is 4.64. The van der Waals surface area contributed by atoms with E-state index in [2.05, 4.69) is 11.4 Å². The average Bonchev–Trinajstić information content (AvgIpc) is 2.99. The third kappa shape index (κ3) is 5.31. The lowest BCUT2D eigenvalue weighted by Crippen LogP contribution is -2.38. The van der Waals surface area contributed by atoms with Crippen LogP contribution in [-0.2, 0) is 4.79 Å². The van der Waals surface area contributed by atoms with E-state index in [-0.39, 0.29) is 24.2 Å².